The van der Waals surface area contributed by atoms with E-state index >= 15 is 0 Å². The van der Waals surface area contributed by atoms with Crippen LogP contribution in [0.1, 0.15) is 38.5 Å². The molecule has 1 nitrogen and oxygen atoms in total. The Kier molecular flexibility index (Phi) is 4.20. The van der Waals surface area contributed by atoms with E-state index in [9.17, 15) is 4.39 Å². The number of hydrogen-bond donors (Lipinski definition) is 1. The molecule has 0 heterocycles. The van der Waals surface area contributed by atoms with Gasteiger partial charge in [-0.3, -0.25) is 0 Å². The van der Waals surface area contributed by atoms with E-state index in [-0.39, 0.29) is 5.82 Å². The van der Waals surface area contributed by atoms with Gasteiger partial charge in [-0.15, -0.1) is 0 Å². The van der Waals surface area contributed by atoms with E-state index in [1.165, 1.54) is 44.6 Å². The van der Waals surface area contributed by atoms with Crippen molar-refractivity contribution < 1.29 is 4.39 Å². The van der Waals surface area contributed by atoms with Crippen LogP contribution in [-0.2, 0) is 0 Å². The highest BCUT2D eigenvalue weighted by Gasteiger charge is 2.11. The van der Waals surface area contributed by atoms with Gasteiger partial charge in [0, 0.05) is 12.2 Å². The van der Waals surface area contributed by atoms with E-state index in [1.807, 2.05) is 6.07 Å². The molecule has 0 spiro atoms. The molecule has 2 rings (SSSR count). The fourth-order valence-corrected chi connectivity index (χ4v) is 2.43. The molecule has 0 bridgehead atoms. The Labute approximate surface area is 97.1 Å². The predicted molar refractivity (Wildman–Crippen MR) is 66.1 cm³/mol. The first-order valence-electron chi connectivity index (χ1n) is 6.34. The number of benzene rings is 1. The van der Waals surface area contributed by atoms with E-state index in [2.05, 4.69) is 5.32 Å². The molecule has 0 aromatic heterocycles. The Morgan fingerprint density at radius 1 is 1.12 bits per heavy atom. The minimum atomic E-state index is -0.161. The van der Waals surface area contributed by atoms with Crippen LogP contribution in [0.5, 0.6) is 0 Å². The fourth-order valence-electron chi connectivity index (χ4n) is 2.43. The first kappa shape index (κ1) is 11.4. The van der Waals surface area contributed by atoms with Gasteiger partial charge in [0.15, 0.2) is 0 Å². The molecule has 1 saturated carbocycles. The van der Waals surface area contributed by atoms with Gasteiger partial charge in [-0.05, 0) is 37.0 Å². The van der Waals surface area contributed by atoms with Crippen LogP contribution in [0.2, 0.25) is 0 Å². The first-order chi connectivity index (χ1) is 7.84. The number of anilines is 1. The summed E-state index contributed by atoms with van der Waals surface area (Å²) in [6.07, 6.45) is 8.13. The maximum absolute atomic E-state index is 13.0. The summed E-state index contributed by atoms with van der Waals surface area (Å²) in [6.45, 7) is 0.990. The third kappa shape index (κ3) is 3.51. The highest BCUT2D eigenvalue weighted by atomic mass is 19.1. The van der Waals surface area contributed by atoms with Gasteiger partial charge in [-0.1, -0.05) is 31.7 Å². The summed E-state index contributed by atoms with van der Waals surface area (Å²) in [6, 6.07) is 6.73. The molecule has 0 atom stereocenters. The van der Waals surface area contributed by atoms with Gasteiger partial charge in [0.1, 0.15) is 5.82 Å². The lowest BCUT2D eigenvalue weighted by Crippen LogP contribution is -2.13. The van der Waals surface area contributed by atoms with Crippen molar-refractivity contribution >= 4 is 5.69 Å². The molecule has 1 N–H and O–H groups in total. The van der Waals surface area contributed by atoms with Crippen LogP contribution < -0.4 is 5.32 Å². The van der Waals surface area contributed by atoms with Crippen molar-refractivity contribution in [3.05, 3.63) is 30.1 Å². The molecular formula is C14H20FN. The van der Waals surface area contributed by atoms with Crippen molar-refractivity contribution in [1.29, 1.82) is 0 Å². The molecule has 1 aliphatic rings. The minimum Gasteiger partial charge on any atom is -0.385 e. The summed E-state index contributed by atoms with van der Waals surface area (Å²) in [5.41, 5.74) is 0.907. The Bertz CT molecular complexity index is 316. The summed E-state index contributed by atoms with van der Waals surface area (Å²) in [4.78, 5) is 0. The van der Waals surface area contributed by atoms with E-state index < -0.39 is 0 Å². The second-order valence-electron chi connectivity index (χ2n) is 4.75. The average Bonchev–Trinajstić information content (AvgIpc) is 2.55. The lowest BCUT2D eigenvalue weighted by atomic mass is 10.0. The topological polar surface area (TPSA) is 12.0 Å². The van der Waals surface area contributed by atoms with Gasteiger partial charge < -0.3 is 5.32 Å². The van der Waals surface area contributed by atoms with Crippen molar-refractivity contribution in [2.24, 2.45) is 5.92 Å². The Balaban J connectivity index is 1.81. The molecule has 0 amide bonds. The molecule has 88 valence electrons. The average molecular weight is 221 g/mol. The Hall–Kier alpha value is -1.05. The second-order valence-corrected chi connectivity index (χ2v) is 4.75. The van der Waals surface area contributed by atoms with E-state index in [0.29, 0.717) is 0 Å². The summed E-state index contributed by atoms with van der Waals surface area (Å²) >= 11 is 0. The van der Waals surface area contributed by atoms with E-state index in [1.54, 1.807) is 12.1 Å². The van der Waals surface area contributed by atoms with Crippen molar-refractivity contribution in [2.75, 3.05) is 11.9 Å². The third-order valence-electron chi connectivity index (χ3n) is 3.39. The van der Waals surface area contributed by atoms with Crippen LogP contribution in [0.25, 0.3) is 0 Å². The highest BCUT2D eigenvalue weighted by molar-refractivity contribution is 5.42. The van der Waals surface area contributed by atoms with Crippen molar-refractivity contribution in [2.45, 2.75) is 38.5 Å². The van der Waals surface area contributed by atoms with Gasteiger partial charge in [-0.2, -0.15) is 0 Å². The summed E-state index contributed by atoms with van der Waals surface area (Å²) in [5, 5.41) is 3.34. The summed E-state index contributed by atoms with van der Waals surface area (Å²) in [5.74, 6) is 0.608. The molecule has 2 heteroatoms. The van der Waals surface area contributed by atoms with Gasteiger partial charge in [0.05, 0.1) is 0 Å². The third-order valence-corrected chi connectivity index (χ3v) is 3.39. The maximum atomic E-state index is 13.0. The lowest BCUT2D eigenvalue weighted by Gasteiger charge is -2.15. The van der Waals surface area contributed by atoms with Crippen LogP contribution in [0.4, 0.5) is 10.1 Å². The smallest absolute Gasteiger partial charge is 0.125 e. The van der Waals surface area contributed by atoms with Gasteiger partial charge >= 0.3 is 0 Å². The van der Waals surface area contributed by atoms with Gasteiger partial charge in [0.2, 0.25) is 0 Å². The molecule has 0 saturated heterocycles. The minimum absolute atomic E-state index is 0.161. The zero-order valence-electron chi connectivity index (χ0n) is 9.71. The molecule has 1 fully saturated rings. The summed E-state index contributed by atoms with van der Waals surface area (Å²) < 4.78 is 13.0. The first-order valence-corrected chi connectivity index (χ1v) is 6.34. The van der Waals surface area contributed by atoms with Crippen LogP contribution in [0.15, 0.2) is 24.3 Å². The van der Waals surface area contributed by atoms with Crippen LogP contribution >= 0.6 is 0 Å². The standard InChI is InChI=1S/C14H20FN/c15-13-8-5-9-14(10-13)16-11-12-6-3-1-2-4-7-12/h5,8-10,12,16H,1-4,6-7,11H2. The van der Waals surface area contributed by atoms with Crippen LogP contribution in [0.3, 0.4) is 0 Å². The van der Waals surface area contributed by atoms with Gasteiger partial charge in [-0.25, -0.2) is 4.39 Å². The largest absolute Gasteiger partial charge is 0.385 e. The molecule has 0 unspecified atom stereocenters. The van der Waals surface area contributed by atoms with E-state index in [4.69, 9.17) is 0 Å². The van der Waals surface area contributed by atoms with Crippen LogP contribution in [-0.4, -0.2) is 6.54 Å². The van der Waals surface area contributed by atoms with Crippen molar-refractivity contribution in [3.8, 4) is 0 Å². The number of rotatable bonds is 3. The van der Waals surface area contributed by atoms with Crippen molar-refractivity contribution in [3.63, 3.8) is 0 Å². The number of nitrogens with one attached hydrogen (secondary N) is 1. The number of halogens is 1. The predicted octanol–water partition coefficient (Wildman–Crippen LogP) is 4.21. The van der Waals surface area contributed by atoms with Gasteiger partial charge in [0.25, 0.3) is 0 Å². The monoisotopic (exact) mass is 221 g/mol. The molecule has 0 radical (unpaired) electrons. The Morgan fingerprint density at radius 2 is 1.88 bits per heavy atom. The quantitative estimate of drug-likeness (QED) is 0.754. The molecule has 0 aliphatic heterocycles. The lowest BCUT2D eigenvalue weighted by molar-refractivity contribution is 0.483. The SMILES string of the molecule is Fc1cccc(NCC2CCCCCC2)c1. The Morgan fingerprint density at radius 3 is 2.56 bits per heavy atom. The van der Waals surface area contributed by atoms with E-state index in [0.717, 1.165) is 18.2 Å². The van der Waals surface area contributed by atoms with Crippen LogP contribution in [0, 0.1) is 11.7 Å². The molecular weight excluding hydrogens is 201 g/mol. The second kappa shape index (κ2) is 5.88. The highest BCUT2D eigenvalue weighted by Crippen LogP contribution is 2.23. The molecule has 1 aromatic rings. The zero-order chi connectivity index (χ0) is 11.2. The zero-order valence-corrected chi connectivity index (χ0v) is 9.71. The fraction of sp³-hybridized carbons (Fsp3) is 0.571. The normalized spacial score (nSPS) is 18.1. The number of hydrogen-bond acceptors (Lipinski definition) is 1. The molecule has 16 heavy (non-hydrogen) atoms. The summed E-state index contributed by atoms with van der Waals surface area (Å²) in [7, 11) is 0. The van der Waals surface area contributed by atoms with Crippen molar-refractivity contribution in [1.82, 2.24) is 0 Å². The maximum Gasteiger partial charge on any atom is 0.125 e. The molecule has 1 aromatic carbocycles. The molecule has 1 aliphatic carbocycles.